The average Bonchev–Trinajstić information content (AvgIpc) is 2.99. The van der Waals surface area contributed by atoms with Gasteiger partial charge in [0.25, 0.3) is 0 Å². The maximum atomic E-state index is 12.9. The Morgan fingerprint density at radius 1 is 1.12 bits per heavy atom. The van der Waals surface area contributed by atoms with Gasteiger partial charge in [0.1, 0.15) is 6.04 Å². The zero-order valence-electron chi connectivity index (χ0n) is 14.2. The lowest BCUT2D eigenvalue weighted by molar-refractivity contribution is -0.157. The Kier molecular flexibility index (Phi) is 4.21. The first-order chi connectivity index (χ1) is 12.2. The number of aromatic amines is 1. The second-order valence-electron chi connectivity index (χ2n) is 6.91. The summed E-state index contributed by atoms with van der Waals surface area (Å²) in [6.07, 6.45) is 3.02. The van der Waals surface area contributed by atoms with Crippen LogP contribution in [0.4, 0.5) is 0 Å². The number of aliphatic hydroxyl groups excluding tert-OH is 1. The van der Waals surface area contributed by atoms with Crippen LogP contribution in [0, 0.1) is 0 Å². The highest BCUT2D eigenvalue weighted by Gasteiger charge is 2.42. The van der Waals surface area contributed by atoms with E-state index in [0.29, 0.717) is 19.5 Å². The molecule has 1 atom stereocenters. The van der Waals surface area contributed by atoms with E-state index >= 15 is 0 Å². The second-order valence-corrected chi connectivity index (χ2v) is 6.91. The molecular formula is C19H23N3O3. The lowest BCUT2D eigenvalue weighted by Gasteiger charge is -2.42. The number of fused-ring (bicyclic) bond motifs is 4. The third kappa shape index (κ3) is 2.80. The number of rotatable bonds is 5. The van der Waals surface area contributed by atoms with Crippen molar-refractivity contribution < 1.29 is 14.7 Å². The van der Waals surface area contributed by atoms with Crippen LogP contribution in [-0.2, 0) is 22.6 Å². The number of hydrogen-bond donors (Lipinski definition) is 2. The normalized spacial score (nSPS) is 20.1. The Hall–Kier alpha value is -2.34. The number of aromatic nitrogens is 1. The standard InChI is InChI=1S/C19H23N3O3/c23-9-5-1-4-8-21-12-18(24)22-11-16-14(10-17(22)19(21)25)13-6-2-3-7-15(13)20-16/h2-3,6-7,17,20,23H,1,4-5,8-12H2/t17-/m1/s1. The van der Waals surface area contributed by atoms with Crippen molar-refractivity contribution >= 4 is 22.7 Å². The number of amides is 2. The molecule has 2 aliphatic rings. The van der Waals surface area contributed by atoms with Gasteiger partial charge in [-0.05, 0) is 30.9 Å². The third-order valence-electron chi connectivity index (χ3n) is 5.33. The quantitative estimate of drug-likeness (QED) is 0.808. The lowest BCUT2D eigenvalue weighted by Crippen LogP contribution is -2.61. The zero-order valence-corrected chi connectivity index (χ0v) is 14.2. The van der Waals surface area contributed by atoms with Gasteiger partial charge in [0.15, 0.2) is 0 Å². The largest absolute Gasteiger partial charge is 0.396 e. The molecule has 6 heteroatoms. The molecule has 25 heavy (non-hydrogen) atoms. The molecule has 0 bridgehead atoms. The minimum atomic E-state index is -0.384. The Labute approximate surface area is 146 Å². The van der Waals surface area contributed by atoms with E-state index in [4.69, 9.17) is 5.11 Å². The van der Waals surface area contributed by atoms with Crippen molar-refractivity contribution in [2.24, 2.45) is 0 Å². The summed E-state index contributed by atoms with van der Waals surface area (Å²) >= 11 is 0. The molecule has 0 aliphatic carbocycles. The van der Waals surface area contributed by atoms with E-state index in [1.807, 2.05) is 18.2 Å². The van der Waals surface area contributed by atoms with Gasteiger partial charge in [-0.25, -0.2) is 0 Å². The number of para-hydroxylation sites is 1. The van der Waals surface area contributed by atoms with Crippen molar-refractivity contribution in [1.29, 1.82) is 0 Å². The second kappa shape index (κ2) is 6.52. The number of carbonyl (C=O) groups is 2. The molecule has 3 heterocycles. The fraction of sp³-hybridized carbons (Fsp3) is 0.474. The number of carbonyl (C=O) groups excluding carboxylic acids is 2. The van der Waals surface area contributed by atoms with Crippen molar-refractivity contribution in [2.45, 2.75) is 38.3 Å². The number of nitrogens with zero attached hydrogens (tertiary/aromatic N) is 2. The molecule has 2 aliphatic heterocycles. The van der Waals surface area contributed by atoms with Crippen molar-refractivity contribution in [2.75, 3.05) is 19.7 Å². The third-order valence-corrected chi connectivity index (χ3v) is 5.33. The van der Waals surface area contributed by atoms with E-state index in [1.54, 1.807) is 9.80 Å². The molecule has 1 fully saturated rings. The molecule has 0 unspecified atom stereocenters. The molecular weight excluding hydrogens is 318 g/mol. The predicted molar refractivity (Wildman–Crippen MR) is 93.9 cm³/mol. The molecule has 1 aromatic carbocycles. The molecule has 2 aromatic rings. The van der Waals surface area contributed by atoms with Gasteiger partial charge in [-0.2, -0.15) is 0 Å². The molecule has 0 saturated carbocycles. The molecule has 0 spiro atoms. The molecule has 2 amide bonds. The molecule has 2 N–H and O–H groups in total. The number of benzene rings is 1. The Balaban J connectivity index is 1.56. The van der Waals surface area contributed by atoms with Crippen LogP contribution in [0.25, 0.3) is 10.9 Å². The SMILES string of the molecule is O=C1[C@H]2Cc3c([nH]c4ccccc34)CN2C(=O)CN1CCCCCO. The maximum absolute atomic E-state index is 12.9. The smallest absolute Gasteiger partial charge is 0.246 e. The number of unbranched alkanes of at least 4 members (excludes halogenated alkanes) is 2. The van der Waals surface area contributed by atoms with Crippen LogP contribution in [0.5, 0.6) is 0 Å². The van der Waals surface area contributed by atoms with Gasteiger partial charge in [0, 0.05) is 36.2 Å². The summed E-state index contributed by atoms with van der Waals surface area (Å²) in [5.41, 5.74) is 3.28. The van der Waals surface area contributed by atoms with Crippen LogP contribution < -0.4 is 0 Å². The minimum absolute atomic E-state index is 0.0241. The Bertz CT molecular complexity index is 813. The number of aliphatic hydroxyl groups is 1. The number of hydrogen-bond acceptors (Lipinski definition) is 3. The van der Waals surface area contributed by atoms with Gasteiger partial charge in [-0.3, -0.25) is 9.59 Å². The van der Waals surface area contributed by atoms with Crippen LogP contribution in [0.3, 0.4) is 0 Å². The summed E-state index contributed by atoms with van der Waals surface area (Å²) < 4.78 is 0. The highest BCUT2D eigenvalue weighted by Crippen LogP contribution is 2.32. The highest BCUT2D eigenvalue weighted by atomic mass is 16.3. The first kappa shape index (κ1) is 16.1. The van der Waals surface area contributed by atoms with Gasteiger partial charge in [-0.15, -0.1) is 0 Å². The summed E-state index contributed by atoms with van der Waals surface area (Å²) in [5, 5.41) is 10.0. The van der Waals surface area contributed by atoms with Gasteiger partial charge in [-0.1, -0.05) is 18.2 Å². The molecule has 4 rings (SSSR count). The van der Waals surface area contributed by atoms with Gasteiger partial charge in [0.05, 0.1) is 13.1 Å². The van der Waals surface area contributed by atoms with Gasteiger partial charge in [0.2, 0.25) is 11.8 Å². The van der Waals surface area contributed by atoms with Gasteiger partial charge < -0.3 is 19.9 Å². The summed E-state index contributed by atoms with van der Waals surface area (Å²) in [7, 11) is 0. The zero-order chi connectivity index (χ0) is 17.4. The number of nitrogens with one attached hydrogen (secondary N) is 1. The highest BCUT2D eigenvalue weighted by molar-refractivity contribution is 5.96. The summed E-state index contributed by atoms with van der Waals surface area (Å²) in [4.78, 5) is 32.3. The van der Waals surface area contributed by atoms with Crippen LogP contribution in [0.15, 0.2) is 24.3 Å². The first-order valence-electron chi connectivity index (χ1n) is 8.96. The maximum Gasteiger partial charge on any atom is 0.246 e. The first-order valence-corrected chi connectivity index (χ1v) is 8.96. The van der Waals surface area contributed by atoms with Crippen molar-refractivity contribution in [3.05, 3.63) is 35.5 Å². The number of H-pyrrole nitrogens is 1. The van der Waals surface area contributed by atoms with Crippen LogP contribution in [0.2, 0.25) is 0 Å². The summed E-state index contributed by atoms with van der Waals surface area (Å²) in [5.74, 6) is 0.0793. The molecule has 132 valence electrons. The van der Waals surface area contributed by atoms with E-state index in [9.17, 15) is 9.59 Å². The van der Waals surface area contributed by atoms with E-state index in [0.717, 1.165) is 35.9 Å². The lowest BCUT2D eigenvalue weighted by atomic mass is 9.94. The van der Waals surface area contributed by atoms with Crippen LogP contribution in [-0.4, -0.2) is 57.4 Å². The average molecular weight is 341 g/mol. The fourth-order valence-corrected chi connectivity index (χ4v) is 4.01. The minimum Gasteiger partial charge on any atom is -0.396 e. The molecule has 1 saturated heterocycles. The Morgan fingerprint density at radius 2 is 1.96 bits per heavy atom. The molecule has 1 aromatic heterocycles. The van der Waals surface area contributed by atoms with Gasteiger partial charge >= 0.3 is 0 Å². The van der Waals surface area contributed by atoms with Crippen LogP contribution >= 0.6 is 0 Å². The molecule has 0 radical (unpaired) electrons. The summed E-state index contributed by atoms with van der Waals surface area (Å²) in [6, 6.07) is 7.71. The molecule has 6 nitrogen and oxygen atoms in total. The van der Waals surface area contributed by atoms with Crippen LogP contribution in [0.1, 0.15) is 30.5 Å². The Morgan fingerprint density at radius 3 is 2.80 bits per heavy atom. The summed E-state index contributed by atoms with van der Waals surface area (Å²) in [6.45, 7) is 1.42. The van der Waals surface area contributed by atoms with E-state index in [2.05, 4.69) is 11.1 Å². The van der Waals surface area contributed by atoms with Crippen molar-refractivity contribution in [3.63, 3.8) is 0 Å². The predicted octanol–water partition coefficient (Wildman–Crippen LogP) is 1.43. The van der Waals surface area contributed by atoms with Crippen molar-refractivity contribution in [3.8, 4) is 0 Å². The van der Waals surface area contributed by atoms with E-state index < -0.39 is 0 Å². The topological polar surface area (TPSA) is 76.6 Å². The van der Waals surface area contributed by atoms with Crippen molar-refractivity contribution in [1.82, 2.24) is 14.8 Å². The van der Waals surface area contributed by atoms with E-state index in [1.165, 1.54) is 5.56 Å². The fourth-order valence-electron chi connectivity index (χ4n) is 4.01. The van der Waals surface area contributed by atoms with E-state index in [-0.39, 0.29) is 31.0 Å². The number of piperazine rings is 1. The monoisotopic (exact) mass is 341 g/mol.